The van der Waals surface area contributed by atoms with Crippen molar-refractivity contribution in [1.29, 1.82) is 0 Å². The predicted octanol–water partition coefficient (Wildman–Crippen LogP) is 6.59. The molecule has 0 radical (unpaired) electrons. The Balaban J connectivity index is 1.65. The van der Waals surface area contributed by atoms with Gasteiger partial charge in [0.05, 0.1) is 34.8 Å². The molecule has 196 valence electrons. The second-order valence-corrected chi connectivity index (χ2v) is 9.94. The first kappa shape index (κ1) is 27.5. The van der Waals surface area contributed by atoms with Gasteiger partial charge in [-0.3, -0.25) is 9.69 Å². The number of thioether (sulfide) groups is 1. The lowest BCUT2D eigenvalue weighted by atomic mass is 10.1. The van der Waals surface area contributed by atoms with E-state index >= 15 is 0 Å². The number of ether oxygens (including phenoxy) is 3. The molecule has 1 heterocycles. The van der Waals surface area contributed by atoms with Gasteiger partial charge in [0.25, 0.3) is 5.91 Å². The van der Waals surface area contributed by atoms with Crippen molar-refractivity contribution in [3.63, 3.8) is 0 Å². The molecule has 3 aromatic rings. The molecule has 0 unspecified atom stereocenters. The van der Waals surface area contributed by atoms with E-state index in [9.17, 15) is 9.59 Å². The Morgan fingerprint density at radius 2 is 1.71 bits per heavy atom. The zero-order chi connectivity index (χ0) is 26.9. The smallest absolute Gasteiger partial charge is 0.344 e. The summed E-state index contributed by atoms with van der Waals surface area (Å²) in [6.45, 7) is 4.43. The average molecular weight is 596 g/mol. The quantitative estimate of drug-likeness (QED) is 0.194. The second kappa shape index (κ2) is 13.3. The number of esters is 1. The third kappa shape index (κ3) is 7.05. The van der Waals surface area contributed by atoms with Crippen molar-refractivity contribution in [2.45, 2.75) is 20.4 Å². The number of hydrogen-bond acceptors (Lipinski definition) is 7. The van der Waals surface area contributed by atoms with Crippen LogP contribution in [0, 0.1) is 0 Å². The number of amides is 1. The van der Waals surface area contributed by atoms with Gasteiger partial charge in [-0.15, -0.1) is 0 Å². The molecule has 1 aliphatic rings. The van der Waals surface area contributed by atoms with E-state index in [1.807, 2.05) is 73.7 Å². The summed E-state index contributed by atoms with van der Waals surface area (Å²) in [5.41, 5.74) is 2.51. The third-order valence-corrected chi connectivity index (χ3v) is 6.92. The molecule has 0 N–H and O–H groups in total. The van der Waals surface area contributed by atoms with Crippen molar-refractivity contribution < 1.29 is 23.8 Å². The van der Waals surface area contributed by atoms with Crippen LogP contribution < -0.4 is 9.47 Å². The molecule has 0 atom stereocenters. The van der Waals surface area contributed by atoms with E-state index in [0.29, 0.717) is 39.2 Å². The van der Waals surface area contributed by atoms with Gasteiger partial charge in [-0.2, -0.15) is 0 Å². The molecule has 9 heteroatoms. The summed E-state index contributed by atoms with van der Waals surface area (Å²) in [5.74, 6) is 0.243. The SMILES string of the molecule is CCOC(=O)COc1c(Br)cc(/C=C2/SC(=Nc3ccccc3)N(Cc3ccccc3)C2=O)cc1OCC. The first-order valence-corrected chi connectivity index (χ1v) is 13.7. The molecule has 7 nitrogen and oxygen atoms in total. The van der Waals surface area contributed by atoms with Crippen LogP contribution in [0.25, 0.3) is 6.08 Å². The van der Waals surface area contributed by atoms with Gasteiger partial charge in [0.2, 0.25) is 0 Å². The first-order chi connectivity index (χ1) is 18.5. The summed E-state index contributed by atoms with van der Waals surface area (Å²) in [6.07, 6.45) is 1.81. The van der Waals surface area contributed by atoms with E-state index in [-0.39, 0.29) is 19.1 Å². The topological polar surface area (TPSA) is 77.4 Å². The highest BCUT2D eigenvalue weighted by atomic mass is 79.9. The molecule has 0 aromatic heterocycles. The van der Waals surface area contributed by atoms with Gasteiger partial charge in [-0.25, -0.2) is 9.79 Å². The lowest BCUT2D eigenvalue weighted by Crippen LogP contribution is -2.28. The molecule has 1 fully saturated rings. The number of rotatable bonds is 10. The van der Waals surface area contributed by atoms with Crippen molar-refractivity contribution in [3.8, 4) is 11.5 Å². The minimum atomic E-state index is -0.468. The second-order valence-electron chi connectivity index (χ2n) is 8.07. The molecule has 0 aliphatic carbocycles. The number of halogens is 1. The molecule has 0 spiro atoms. The maximum atomic E-state index is 13.6. The summed E-state index contributed by atoms with van der Waals surface area (Å²) in [7, 11) is 0. The van der Waals surface area contributed by atoms with Crippen molar-refractivity contribution in [3.05, 3.63) is 93.3 Å². The zero-order valence-electron chi connectivity index (χ0n) is 21.1. The van der Waals surface area contributed by atoms with E-state index in [1.165, 1.54) is 11.8 Å². The van der Waals surface area contributed by atoms with Crippen LogP contribution in [0.1, 0.15) is 25.0 Å². The first-order valence-electron chi connectivity index (χ1n) is 12.1. The molecular formula is C29H27BrN2O5S. The predicted molar refractivity (Wildman–Crippen MR) is 154 cm³/mol. The van der Waals surface area contributed by atoms with Crippen LogP contribution in [0.5, 0.6) is 11.5 Å². The van der Waals surface area contributed by atoms with Crippen molar-refractivity contribution in [2.75, 3.05) is 19.8 Å². The molecule has 0 saturated carbocycles. The van der Waals surface area contributed by atoms with E-state index < -0.39 is 5.97 Å². The van der Waals surface area contributed by atoms with Gasteiger partial charge in [-0.05, 0) is 83.0 Å². The summed E-state index contributed by atoms with van der Waals surface area (Å²) in [5, 5.41) is 0.606. The van der Waals surface area contributed by atoms with Gasteiger partial charge in [-0.1, -0.05) is 48.5 Å². The van der Waals surface area contributed by atoms with Crippen LogP contribution in [-0.2, 0) is 20.9 Å². The van der Waals surface area contributed by atoms with Crippen molar-refractivity contribution >= 4 is 56.5 Å². The Kier molecular flexibility index (Phi) is 9.62. The lowest BCUT2D eigenvalue weighted by Gasteiger charge is -2.15. The Hall–Kier alpha value is -3.56. The number of carbonyl (C=O) groups excluding carboxylic acids is 2. The summed E-state index contributed by atoms with van der Waals surface area (Å²) >= 11 is 4.85. The van der Waals surface area contributed by atoms with E-state index in [2.05, 4.69) is 15.9 Å². The maximum absolute atomic E-state index is 13.6. The molecule has 1 amide bonds. The highest BCUT2D eigenvalue weighted by Gasteiger charge is 2.33. The van der Waals surface area contributed by atoms with Gasteiger partial charge < -0.3 is 14.2 Å². The van der Waals surface area contributed by atoms with Crippen molar-refractivity contribution in [1.82, 2.24) is 4.90 Å². The molecule has 4 rings (SSSR count). The van der Waals surface area contributed by atoms with Crippen LogP contribution in [-0.4, -0.2) is 41.8 Å². The number of benzene rings is 3. The Labute approximate surface area is 234 Å². The summed E-state index contributed by atoms with van der Waals surface area (Å²) < 4.78 is 17.0. The molecule has 3 aromatic carbocycles. The van der Waals surface area contributed by atoms with E-state index in [1.54, 1.807) is 24.0 Å². The Morgan fingerprint density at radius 1 is 1.00 bits per heavy atom. The summed E-state index contributed by atoms with van der Waals surface area (Å²) in [6, 6.07) is 23.0. The van der Waals surface area contributed by atoms with Gasteiger partial charge in [0.15, 0.2) is 23.3 Å². The average Bonchev–Trinajstić information content (AvgIpc) is 3.18. The molecule has 38 heavy (non-hydrogen) atoms. The van der Waals surface area contributed by atoms with E-state index in [0.717, 1.165) is 16.8 Å². The van der Waals surface area contributed by atoms with Crippen LogP contribution in [0.3, 0.4) is 0 Å². The third-order valence-electron chi connectivity index (χ3n) is 5.32. The minimum Gasteiger partial charge on any atom is -0.490 e. The molecular weight excluding hydrogens is 568 g/mol. The maximum Gasteiger partial charge on any atom is 0.344 e. The van der Waals surface area contributed by atoms with E-state index in [4.69, 9.17) is 19.2 Å². The largest absolute Gasteiger partial charge is 0.490 e. The number of carbonyl (C=O) groups is 2. The highest BCUT2D eigenvalue weighted by molar-refractivity contribution is 9.10. The van der Waals surface area contributed by atoms with Gasteiger partial charge >= 0.3 is 5.97 Å². The lowest BCUT2D eigenvalue weighted by molar-refractivity contribution is -0.145. The van der Waals surface area contributed by atoms with Gasteiger partial charge in [0, 0.05) is 0 Å². The fourth-order valence-corrected chi connectivity index (χ4v) is 5.24. The van der Waals surface area contributed by atoms with Gasteiger partial charge in [0.1, 0.15) is 0 Å². The van der Waals surface area contributed by atoms with Crippen LogP contribution in [0.4, 0.5) is 5.69 Å². The molecule has 1 saturated heterocycles. The fourth-order valence-electron chi connectivity index (χ4n) is 3.67. The minimum absolute atomic E-state index is 0.134. The standard InChI is InChI=1S/C29H27BrN2O5S/c1-3-35-24-16-21(15-23(30)27(24)37-19-26(33)36-4-2)17-25-28(34)32(18-20-11-7-5-8-12-20)29(38-25)31-22-13-9-6-10-14-22/h5-17H,3-4,18-19H2,1-2H3/b25-17+,31-29?. The fraction of sp³-hybridized carbons (Fsp3) is 0.207. The number of amidine groups is 1. The molecule has 1 aliphatic heterocycles. The monoisotopic (exact) mass is 594 g/mol. The number of aliphatic imine (C=N–C) groups is 1. The highest BCUT2D eigenvalue weighted by Crippen LogP contribution is 2.40. The zero-order valence-corrected chi connectivity index (χ0v) is 23.5. The van der Waals surface area contributed by atoms with Crippen LogP contribution in [0.15, 0.2) is 87.2 Å². The molecule has 0 bridgehead atoms. The number of para-hydroxylation sites is 1. The normalized spacial score (nSPS) is 15.2. The van der Waals surface area contributed by atoms with Crippen LogP contribution in [0.2, 0.25) is 0 Å². The number of nitrogens with zero attached hydrogens (tertiary/aromatic N) is 2. The Bertz CT molecular complexity index is 1350. The van der Waals surface area contributed by atoms with Crippen LogP contribution >= 0.6 is 27.7 Å². The Morgan fingerprint density at radius 3 is 2.39 bits per heavy atom. The van der Waals surface area contributed by atoms with Crippen molar-refractivity contribution in [2.24, 2.45) is 4.99 Å². The summed E-state index contributed by atoms with van der Waals surface area (Å²) in [4.78, 5) is 32.3. The number of hydrogen-bond donors (Lipinski definition) is 0.